The SMILES string of the molecule is COc1ccc(N(C)C(=O)C(c2ccccc2)n2cccn2)cc1OC. The number of hydrogen-bond donors (Lipinski definition) is 0. The van der Waals surface area contributed by atoms with Gasteiger partial charge in [0.1, 0.15) is 0 Å². The third kappa shape index (κ3) is 3.39. The summed E-state index contributed by atoms with van der Waals surface area (Å²) in [4.78, 5) is 14.9. The molecule has 0 aliphatic heterocycles. The van der Waals surface area contributed by atoms with E-state index >= 15 is 0 Å². The van der Waals surface area contributed by atoms with Gasteiger partial charge in [-0.05, 0) is 23.8 Å². The smallest absolute Gasteiger partial charge is 0.256 e. The molecule has 0 aliphatic rings. The Hall–Kier alpha value is -3.28. The molecule has 0 radical (unpaired) electrons. The van der Waals surface area contributed by atoms with E-state index in [9.17, 15) is 4.79 Å². The molecule has 0 saturated carbocycles. The minimum atomic E-state index is -0.552. The zero-order valence-corrected chi connectivity index (χ0v) is 15.0. The summed E-state index contributed by atoms with van der Waals surface area (Å²) in [6, 6.07) is 16.2. The van der Waals surface area contributed by atoms with Crippen LogP contribution in [0.5, 0.6) is 11.5 Å². The fourth-order valence-corrected chi connectivity index (χ4v) is 2.82. The number of amides is 1. The summed E-state index contributed by atoms with van der Waals surface area (Å²) in [6.07, 6.45) is 3.46. The second-order valence-corrected chi connectivity index (χ2v) is 5.74. The molecular formula is C20H21N3O3. The molecule has 134 valence electrons. The van der Waals surface area contributed by atoms with Crippen LogP contribution < -0.4 is 14.4 Å². The van der Waals surface area contributed by atoms with E-state index in [4.69, 9.17) is 9.47 Å². The fraction of sp³-hybridized carbons (Fsp3) is 0.200. The molecule has 2 aromatic carbocycles. The number of carbonyl (C=O) groups is 1. The van der Waals surface area contributed by atoms with Crippen LogP contribution in [0.25, 0.3) is 0 Å². The average Bonchev–Trinajstić information content (AvgIpc) is 3.22. The second kappa shape index (κ2) is 7.74. The van der Waals surface area contributed by atoms with Gasteiger partial charge in [-0.25, -0.2) is 0 Å². The number of rotatable bonds is 6. The molecule has 6 nitrogen and oxygen atoms in total. The van der Waals surface area contributed by atoms with Crippen LogP contribution in [0.2, 0.25) is 0 Å². The zero-order chi connectivity index (χ0) is 18.5. The minimum Gasteiger partial charge on any atom is -0.493 e. The van der Waals surface area contributed by atoms with E-state index in [0.29, 0.717) is 17.2 Å². The molecule has 0 bridgehead atoms. The highest BCUT2D eigenvalue weighted by Gasteiger charge is 2.27. The molecule has 1 atom stereocenters. The Morgan fingerprint density at radius 1 is 1.04 bits per heavy atom. The van der Waals surface area contributed by atoms with Crippen molar-refractivity contribution in [1.29, 1.82) is 0 Å². The average molecular weight is 351 g/mol. The number of aromatic nitrogens is 2. The third-order valence-electron chi connectivity index (χ3n) is 4.22. The molecule has 3 aromatic rings. The lowest BCUT2D eigenvalue weighted by molar-refractivity contribution is -0.120. The number of hydrogen-bond acceptors (Lipinski definition) is 4. The molecule has 1 aromatic heterocycles. The number of anilines is 1. The molecule has 0 spiro atoms. The van der Waals surface area contributed by atoms with Crippen LogP contribution in [0.15, 0.2) is 67.0 Å². The maximum atomic E-state index is 13.3. The largest absolute Gasteiger partial charge is 0.493 e. The van der Waals surface area contributed by atoms with Crippen LogP contribution in [0, 0.1) is 0 Å². The third-order valence-corrected chi connectivity index (χ3v) is 4.22. The van der Waals surface area contributed by atoms with Crippen molar-refractivity contribution in [2.24, 2.45) is 0 Å². The highest BCUT2D eigenvalue weighted by molar-refractivity contribution is 5.97. The van der Waals surface area contributed by atoms with Gasteiger partial charge < -0.3 is 14.4 Å². The first-order valence-electron chi connectivity index (χ1n) is 8.19. The monoisotopic (exact) mass is 351 g/mol. The van der Waals surface area contributed by atoms with Crippen molar-refractivity contribution in [3.8, 4) is 11.5 Å². The first kappa shape index (κ1) is 17.5. The molecule has 0 N–H and O–H groups in total. The quantitative estimate of drug-likeness (QED) is 0.685. The van der Waals surface area contributed by atoms with E-state index in [0.717, 1.165) is 5.56 Å². The standard InChI is InChI=1S/C20H21N3O3/c1-22(16-10-11-17(25-2)18(14-16)26-3)20(24)19(23-13-7-12-21-23)15-8-5-4-6-9-15/h4-14,19H,1-3H3. The van der Waals surface area contributed by atoms with Crippen molar-refractivity contribution < 1.29 is 14.3 Å². The molecule has 3 rings (SSSR count). The molecule has 0 fully saturated rings. The Bertz CT molecular complexity index is 863. The van der Waals surface area contributed by atoms with Crippen molar-refractivity contribution in [3.05, 3.63) is 72.6 Å². The highest BCUT2D eigenvalue weighted by atomic mass is 16.5. The number of nitrogens with zero attached hydrogens (tertiary/aromatic N) is 3. The predicted molar refractivity (Wildman–Crippen MR) is 99.8 cm³/mol. The van der Waals surface area contributed by atoms with Gasteiger partial charge in [0.05, 0.1) is 14.2 Å². The molecular weight excluding hydrogens is 330 g/mol. The van der Waals surface area contributed by atoms with Gasteiger partial charge in [0.25, 0.3) is 5.91 Å². The Kier molecular flexibility index (Phi) is 5.22. The lowest BCUT2D eigenvalue weighted by atomic mass is 10.1. The van der Waals surface area contributed by atoms with Gasteiger partial charge in [-0.1, -0.05) is 30.3 Å². The summed E-state index contributed by atoms with van der Waals surface area (Å²) < 4.78 is 12.3. The molecule has 26 heavy (non-hydrogen) atoms. The highest BCUT2D eigenvalue weighted by Crippen LogP contribution is 2.32. The minimum absolute atomic E-state index is 0.105. The molecule has 0 saturated heterocycles. The van der Waals surface area contributed by atoms with Gasteiger partial charge in [-0.15, -0.1) is 0 Å². The Morgan fingerprint density at radius 2 is 1.77 bits per heavy atom. The van der Waals surface area contributed by atoms with E-state index in [-0.39, 0.29) is 5.91 Å². The van der Waals surface area contributed by atoms with E-state index in [1.165, 1.54) is 0 Å². The molecule has 1 unspecified atom stereocenters. The van der Waals surface area contributed by atoms with Gasteiger partial charge in [0, 0.05) is 31.2 Å². The van der Waals surface area contributed by atoms with Crippen LogP contribution in [-0.2, 0) is 4.79 Å². The normalized spacial score (nSPS) is 11.7. The number of ether oxygens (including phenoxy) is 2. The molecule has 1 amide bonds. The van der Waals surface area contributed by atoms with Crippen molar-refractivity contribution in [2.75, 3.05) is 26.2 Å². The number of likely N-dealkylation sites (N-methyl/N-ethyl adjacent to an activating group) is 1. The summed E-state index contributed by atoms with van der Waals surface area (Å²) >= 11 is 0. The maximum Gasteiger partial charge on any atom is 0.256 e. The van der Waals surface area contributed by atoms with Crippen molar-refractivity contribution in [3.63, 3.8) is 0 Å². The van der Waals surface area contributed by atoms with Crippen molar-refractivity contribution in [1.82, 2.24) is 9.78 Å². The summed E-state index contributed by atoms with van der Waals surface area (Å²) in [5.74, 6) is 1.08. The first-order valence-corrected chi connectivity index (χ1v) is 8.19. The van der Waals surface area contributed by atoms with E-state index in [1.54, 1.807) is 61.4 Å². The number of carbonyl (C=O) groups excluding carboxylic acids is 1. The Labute approximate surface area is 152 Å². The molecule has 0 aliphatic carbocycles. The van der Waals surface area contributed by atoms with Gasteiger partial charge in [-0.2, -0.15) is 5.10 Å². The molecule has 1 heterocycles. The molecule has 6 heteroatoms. The van der Waals surface area contributed by atoms with Crippen molar-refractivity contribution >= 4 is 11.6 Å². The fourth-order valence-electron chi connectivity index (χ4n) is 2.82. The van der Waals surface area contributed by atoms with Crippen molar-refractivity contribution in [2.45, 2.75) is 6.04 Å². The first-order chi connectivity index (χ1) is 12.7. The summed E-state index contributed by atoms with van der Waals surface area (Å²) in [6.45, 7) is 0. The van der Waals surface area contributed by atoms with Gasteiger partial charge in [-0.3, -0.25) is 9.48 Å². The van der Waals surface area contributed by atoms with Crippen LogP contribution >= 0.6 is 0 Å². The topological polar surface area (TPSA) is 56.6 Å². The number of methoxy groups -OCH3 is 2. The van der Waals surface area contributed by atoms with Crippen LogP contribution in [0.3, 0.4) is 0 Å². The van der Waals surface area contributed by atoms with Gasteiger partial charge in [0.2, 0.25) is 0 Å². The summed E-state index contributed by atoms with van der Waals surface area (Å²) in [7, 11) is 4.89. The number of benzene rings is 2. The van der Waals surface area contributed by atoms with Crippen LogP contribution in [-0.4, -0.2) is 37.0 Å². The van der Waals surface area contributed by atoms with E-state index in [2.05, 4.69) is 5.10 Å². The maximum absolute atomic E-state index is 13.3. The predicted octanol–water partition coefficient (Wildman–Crippen LogP) is 3.15. The Balaban J connectivity index is 1.97. The van der Waals surface area contributed by atoms with Gasteiger partial charge >= 0.3 is 0 Å². The van der Waals surface area contributed by atoms with Crippen LogP contribution in [0.4, 0.5) is 5.69 Å². The summed E-state index contributed by atoms with van der Waals surface area (Å²) in [5.41, 5.74) is 1.58. The lowest BCUT2D eigenvalue weighted by Gasteiger charge is -2.25. The Morgan fingerprint density at radius 3 is 2.38 bits per heavy atom. The second-order valence-electron chi connectivity index (χ2n) is 5.74. The van der Waals surface area contributed by atoms with Crippen LogP contribution in [0.1, 0.15) is 11.6 Å². The van der Waals surface area contributed by atoms with Gasteiger partial charge in [0.15, 0.2) is 17.5 Å². The van der Waals surface area contributed by atoms with E-state index in [1.807, 2.05) is 36.4 Å². The van der Waals surface area contributed by atoms with E-state index < -0.39 is 6.04 Å². The lowest BCUT2D eigenvalue weighted by Crippen LogP contribution is -2.35. The zero-order valence-electron chi connectivity index (χ0n) is 15.0. The summed E-state index contributed by atoms with van der Waals surface area (Å²) in [5, 5.41) is 4.28.